The van der Waals surface area contributed by atoms with Gasteiger partial charge in [-0.15, -0.1) is 0 Å². The molecule has 3 rings (SSSR count). The SMILES string of the molecule is CCC1NC(c2ccsc2)N(CCN2CCSCC2)C1=O. The summed E-state index contributed by atoms with van der Waals surface area (Å²) in [5, 5.41) is 7.72. The number of hydrogen-bond acceptors (Lipinski definition) is 5. The summed E-state index contributed by atoms with van der Waals surface area (Å²) in [4.78, 5) is 17.1. The van der Waals surface area contributed by atoms with Crippen LogP contribution in [0.1, 0.15) is 25.1 Å². The fourth-order valence-corrected chi connectivity index (χ4v) is 4.65. The predicted octanol–water partition coefficient (Wildman–Crippen LogP) is 2.01. The van der Waals surface area contributed by atoms with Gasteiger partial charge in [0.25, 0.3) is 0 Å². The molecule has 4 nitrogen and oxygen atoms in total. The minimum atomic E-state index is -0.0215. The van der Waals surface area contributed by atoms with Crippen LogP contribution in [0, 0.1) is 0 Å². The molecule has 21 heavy (non-hydrogen) atoms. The lowest BCUT2D eigenvalue weighted by atomic mass is 10.2. The van der Waals surface area contributed by atoms with E-state index in [0.29, 0.717) is 0 Å². The zero-order valence-electron chi connectivity index (χ0n) is 12.5. The van der Waals surface area contributed by atoms with Gasteiger partial charge in [-0.25, -0.2) is 0 Å². The van der Waals surface area contributed by atoms with E-state index in [1.165, 1.54) is 17.1 Å². The van der Waals surface area contributed by atoms with Crippen molar-refractivity contribution in [3.05, 3.63) is 22.4 Å². The van der Waals surface area contributed by atoms with Crippen molar-refractivity contribution in [2.75, 3.05) is 37.7 Å². The zero-order chi connectivity index (χ0) is 14.7. The molecule has 2 fully saturated rings. The maximum Gasteiger partial charge on any atom is 0.241 e. The van der Waals surface area contributed by atoms with Crippen molar-refractivity contribution in [1.29, 1.82) is 0 Å². The molecule has 0 aromatic carbocycles. The number of carbonyl (C=O) groups is 1. The molecule has 2 aliphatic rings. The standard InChI is InChI=1S/C15H23N3OS2/c1-2-13-15(19)18(5-4-17-6-9-20-10-7-17)14(16-13)12-3-8-21-11-12/h3,8,11,13-14,16H,2,4-7,9-10H2,1H3. The Morgan fingerprint density at radius 3 is 2.81 bits per heavy atom. The first kappa shape index (κ1) is 15.3. The normalized spacial score (nSPS) is 27.5. The highest BCUT2D eigenvalue weighted by Crippen LogP contribution is 2.27. The lowest BCUT2D eigenvalue weighted by Gasteiger charge is -2.30. The molecule has 2 saturated heterocycles. The van der Waals surface area contributed by atoms with Crippen LogP contribution >= 0.6 is 23.1 Å². The number of carbonyl (C=O) groups excluding carboxylic acids is 1. The monoisotopic (exact) mass is 325 g/mol. The maximum absolute atomic E-state index is 12.6. The molecule has 6 heteroatoms. The van der Waals surface area contributed by atoms with Crippen molar-refractivity contribution in [1.82, 2.24) is 15.1 Å². The van der Waals surface area contributed by atoms with Gasteiger partial charge in [-0.3, -0.25) is 15.0 Å². The number of amides is 1. The molecule has 0 aliphatic carbocycles. The van der Waals surface area contributed by atoms with E-state index in [-0.39, 0.29) is 18.1 Å². The van der Waals surface area contributed by atoms with Crippen LogP contribution in [0.15, 0.2) is 16.8 Å². The molecule has 1 N–H and O–H groups in total. The van der Waals surface area contributed by atoms with Gasteiger partial charge in [0.1, 0.15) is 6.17 Å². The van der Waals surface area contributed by atoms with E-state index in [1.807, 2.05) is 16.7 Å². The van der Waals surface area contributed by atoms with Gasteiger partial charge in [0.05, 0.1) is 6.04 Å². The van der Waals surface area contributed by atoms with E-state index in [9.17, 15) is 4.79 Å². The number of nitrogens with one attached hydrogen (secondary N) is 1. The van der Waals surface area contributed by atoms with Crippen LogP contribution in [0.2, 0.25) is 0 Å². The highest BCUT2D eigenvalue weighted by atomic mass is 32.2. The summed E-state index contributed by atoms with van der Waals surface area (Å²) in [7, 11) is 0. The summed E-state index contributed by atoms with van der Waals surface area (Å²) in [6.07, 6.45) is 0.920. The van der Waals surface area contributed by atoms with Crippen LogP contribution in [0.5, 0.6) is 0 Å². The highest BCUT2D eigenvalue weighted by molar-refractivity contribution is 7.99. The van der Waals surface area contributed by atoms with E-state index in [0.717, 1.165) is 32.6 Å². The van der Waals surface area contributed by atoms with E-state index in [2.05, 4.69) is 34.0 Å². The quantitative estimate of drug-likeness (QED) is 0.898. The number of nitrogens with zero attached hydrogens (tertiary/aromatic N) is 2. The van der Waals surface area contributed by atoms with Crippen molar-refractivity contribution in [2.24, 2.45) is 0 Å². The van der Waals surface area contributed by atoms with Crippen LogP contribution in [-0.2, 0) is 4.79 Å². The number of rotatable bonds is 5. The summed E-state index contributed by atoms with van der Waals surface area (Å²) in [5.74, 6) is 2.70. The van der Waals surface area contributed by atoms with Crippen molar-refractivity contribution in [2.45, 2.75) is 25.6 Å². The number of hydrogen-bond donors (Lipinski definition) is 1. The Labute approximate surface area is 134 Å². The largest absolute Gasteiger partial charge is 0.320 e. The van der Waals surface area contributed by atoms with Crippen LogP contribution in [0.3, 0.4) is 0 Å². The lowest BCUT2D eigenvalue weighted by Crippen LogP contribution is -2.41. The molecule has 2 aliphatic heterocycles. The second kappa shape index (κ2) is 7.13. The van der Waals surface area contributed by atoms with E-state index < -0.39 is 0 Å². The summed E-state index contributed by atoms with van der Waals surface area (Å²) in [5.41, 5.74) is 1.22. The van der Waals surface area contributed by atoms with Crippen molar-refractivity contribution < 1.29 is 4.79 Å². The molecule has 2 atom stereocenters. The van der Waals surface area contributed by atoms with Crippen LogP contribution in [0.4, 0.5) is 0 Å². The summed E-state index contributed by atoms with van der Waals surface area (Å²) in [6.45, 7) is 6.20. The minimum absolute atomic E-state index is 0.0215. The molecular weight excluding hydrogens is 302 g/mol. The third kappa shape index (κ3) is 3.44. The van der Waals surface area contributed by atoms with Gasteiger partial charge in [-0.05, 0) is 28.8 Å². The molecule has 2 unspecified atom stereocenters. The van der Waals surface area contributed by atoms with Gasteiger partial charge >= 0.3 is 0 Å². The Balaban J connectivity index is 1.65. The molecule has 0 radical (unpaired) electrons. The molecular formula is C15H23N3OS2. The Bertz CT molecular complexity index is 459. The van der Waals surface area contributed by atoms with Gasteiger partial charge in [-0.2, -0.15) is 23.1 Å². The molecule has 116 valence electrons. The fourth-order valence-electron chi connectivity index (χ4n) is 2.99. The molecule has 0 saturated carbocycles. The van der Waals surface area contributed by atoms with Crippen molar-refractivity contribution in [3.63, 3.8) is 0 Å². The van der Waals surface area contributed by atoms with Crippen LogP contribution in [0.25, 0.3) is 0 Å². The Morgan fingerprint density at radius 2 is 2.14 bits per heavy atom. The first-order valence-electron chi connectivity index (χ1n) is 7.68. The fraction of sp³-hybridized carbons (Fsp3) is 0.667. The average Bonchev–Trinajstić information content (AvgIpc) is 3.14. The third-order valence-electron chi connectivity index (χ3n) is 4.28. The molecule has 3 heterocycles. The average molecular weight is 326 g/mol. The lowest BCUT2D eigenvalue weighted by molar-refractivity contribution is -0.130. The Morgan fingerprint density at radius 1 is 1.33 bits per heavy atom. The topological polar surface area (TPSA) is 35.6 Å². The van der Waals surface area contributed by atoms with E-state index >= 15 is 0 Å². The molecule has 1 amide bonds. The molecule has 1 aromatic heterocycles. The third-order valence-corrected chi connectivity index (χ3v) is 5.92. The second-order valence-corrected chi connectivity index (χ2v) is 7.58. The van der Waals surface area contributed by atoms with Crippen molar-refractivity contribution >= 4 is 29.0 Å². The maximum atomic E-state index is 12.6. The highest BCUT2D eigenvalue weighted by Gasteiger charge is 2.38. The summed E-state index contributed by atoms with van der Waals surface area (Å²) >= 11 is 3.72. The molecule has 1 aromatic rings. The molecule has 0 bridgehead atoms. The van der Waals surface area contributed by atoms with Crippen LogP contribution in [-0.4, -0.2) is 59.4 Å². The van der Waals surface area contributed by atoms with Crippen LogP contribution < -0.4 is 5.32 Å². The predicted molar refractivity (Wildman–Crippen MR) is 89.8 cm³/mol. The van der Waals surface area contributed by atoms with E-state index in [4.69, 9.17) is 0 Å². The minimum Gasteiger partial charge on any atom is -0.320 e. The first-order chi connectivity index (χ1) is 10.3. The smallest absolute Gasteiger partial charge is 0.241 e. The van der Waals surface area contributed by atoms with Gasteiger partial charge in [0.2, 0.25) is 5.91 Å². The number of thiophene rings is 1. The van der Waals surface area contributed by atoms with E-state index in [1.54, 1.807) is 11.3 Å². The van der Waals surface area contributed by atoms with Gasteiger partial charge in [0, 0.05) is 37.7 Å². The van der Waals surface area contributed by atoms with Gasteiger partial charge in [0.15, 0.2) is 0 Å². The van der Waals surface area contributed by atoms with Crippen molar-refractivity contribution in [3.8, 4) is 0 Å². The Kier molecular flexibility index (Phi) is 5.21. The molecule has 0 spiro atoms. The van der Waals surface area contributed by atoms with Gasteiger partial charge in [-0.1, -0.05) is 6.92 Å². The van der Waals surface area contributed by atoms with Gasteiger partial charge < -0.3 is 4.90 Å². The zero-order valence-corrected chi connectivity index (χ0v) is 14.1. The first-order valence-corrected chi connectivity index (χ1v) is 9.78. The second-order valence-electron chi connectivity index (χ2n) is 5.57. The summed E-state index contributed by atoms with van der Waals surface area (Å²) < 4.78 is 0. The summed E-state index contributed by atoms with van der Waals surface area (Å²) in [6, 6.07) is 2.10. The Hall–Kier alpha value is -0.560. The number of thioether (sulfide) groups is 1.